The summed E-state index contributed by atoms with van der Waals surface area (Å²) in [5.41, 5.74) is 5.03. The van der Waals surface area contributed by atoms with Gasteiger partial charge in [0, 0.05) is 22.7 Å². The van der Waals surface area contributed by atoms with Gasteiger partial charge < -0.3 is 14.8 Å². The standard InChI is InChI=1S/C29H28N2O5S/c1-35-23-14-16-26(27(17-23)36-2)31(37(3,33)34)18-19-7-9-22(10-8-19)29(32)30-25-15-13-21-12-11-20-5-4-6-24(25)28(20)21/h4-10,13-17H,11-12,18H2,1-3H3,(H,30,32). The molecule has 37 heavy (non-hydrogen) atoms. The second-order valence-electron chi connectivity index (χ2n) is 9.07. The van der Waals surface area contributed by atoms with E-state index in [0.717, 1.165) is 35.7 Å². The highest BCUT2D eigenvalue weighted by atomic mass is 32.2. The quantitative estimate of drug-likeness (QED) is 0.349. The van der Waals surface area contributed by atoms with Gasteiger partial charge in [-0.05, 0) is 65.3 Å². The second kappa shape index (κ2) is 9.78. The lowest BCUT2D eigenvalue weighted by Crippen LogP contribution is -2.29. The molecule has 0 unspecified atom stereocenters. The van der Waals surface area contributed by atoms with E-state index in [2.05, 4.69) is 17.4 Å². The number of anilines is 2. The number of nitrogens with one attached hydrogen (secondary N) is 1. The van der Waals surface area contributed by atoms with Crippen molar-refractivity contribution in [2.24, 2.45) is 0 Å². The van der Waals surface area contributed by atoms with Crippen LogP contribution in [0.2, 0.25) is 0 Å². The first-order chi connectivity index (χ1) is 17.8. The summed E-state index contributed by atoms with van der Waals surface area (Å²) in [4.78, 5) is 13.1. The van der Waals surface area contributed by atoms with Crippen molar-refractivity contribution in [3.63, 3.8) is 0 Å². The minimum atomic E-state index is -3.63. The van der Waals surface area contributed by atoms with Gasteiger partial charge in [-0.1, -0.05) is 36.4 Å². The van der Waals surface area contributed by atoms with Crippen LogP contribution in [0.3, 0.4) is 0 Å². The third-order valence-electron chi connectivity index (χ3n) is 6.72. The van der Waals surface area contributed by atoms with E-state index < -0.39 is 10.0 Å². The molecule has 1 aliphatic carbocycles. The minimum absolute atomic E-state index is 0.0816. The lowest BCUT2D eigenvalue weighted by atomic mass is 10.0. The molecule has 4 aromatic rings. The topological polar surface area (TPSA) is 84.9 Å². The number of ether oxygens (including phenoxy) is 2. The summed E-state index contributed by atoms with van der Waals surface area (Å²) in [6.07, 6.45) is 3.20. The van der Waals surface area contributed by atoms with E-state index in [9.17, 15) is 13.2 Å². The monoisotopic (exact) mass is 516 g/mol. The molecule has 4 aromatic carbocycles. The molecule has 0 heterocycles. The minimum Gasteiger partial charge on any atom is -0.497 e. The molecule has 0 radical (unpaired) electrons. The Morgan fingerprint density at radius 3 is 2.32 bits per heavy atom. The van der Waals surface area contributed by atoms with Gasteiger partial charge in [0.25, 0.3) is 5.91 Å². The van der Waals surface area contributed by atoms with Gasteiger partial charge in [0.2, 0.25) is 10.0 Å². The zero-order valence-electron chi connectivity index (χ0n) is 20.9. The average molecular weight is 517 g/mol. The number of hydrogen-bond acceptors (Lipinski definition) is 5. The fourth-order valence-corrected chi connectivity index (χ4v) is 5.74. The lowest BCUT2D eigenvalue weighted by Gasteiger charge is -2.24. The van der Waals surface area contributed by atoms with Crippen molar-refractivity contribution in [2.75, 3.05) is 30.1 Å². The van der Waals surface area contributed by atoms with Crippen LogP contribution in [0.5, 0.6) is 11.5 Å². The van der Waals surface area contributed by atoms with Crippen molar-refractivity contribution in [3.05, 3.63) is 95.1 Å². The van der Waals surface area contributed by atoms with Crippen molar-refractivity contribution in [1.82, 2.24) is 0 Å². The van der Waals surface area contributed by atoms with E-state index in [1.807, 2.05) is 18.2 Å². The van der Waals surface area contributed by atoms with Gasteiger partial charge >= 0.3 is 0 Å². The van der Waals surface area contributed by atoms with Gasteiger partial charge in [0.05, 0.1) is 32.7 Å². The number of sulfonamides is 1. The summed E-state index contributed by atoms with van der Waals surface area (Å²) in [5.74, 6) is 0.720. The highest BCUT2D eigenvalue weighted by molar-refractivity contribution is 7.92. The molecule has 7 nitrogen and oxygen atoms in total. The normalized spacial score (nSPS) is 12.4. The number of carbonyl (C=O) groups excluding carboxylic acids is 1. The van der Waals surface area contributed by atoms with Gasteiger partial charge in [-0.15, -0.1) is 0 Å². The highest BCUT2D eigenvalue weighted by Gasteiger charge is 2.22. The Morgan fingerprint density at radius 2 is 1.65 bits per heavy atom. The molecule has 8 heteroatoms. The largest absolute Gasteiger partial charge is 0.497 e. The Labute approximate surface area is 216 Å². The molecule has 0 saturated carbocycles. The molecule has 1 amide bonds. The second-order valence-corrected chi connectivity index (χ2v) is 11.0. The third kappa shape index (κ3) is 4.84. The van der Waals surface area contributed by atoms with Crippen LogP contribution in [0.25, 0.3) is 10.8 Å². The molecule has 0 atom stereocenters. The smallest absolute Gasteiger partial charge is 0.255 e. The Morgan fingerprint density at radius 1 is 0.919 bits per heavy atom. The Bertz CT molecular complexity index is 1590. The molecule has 1 aliphatic rings. The fraction of sp³-hybridized carbons (Fsp3) is 0.207. The lowest BCUT2D eigenvalue weighted by molar-refractivity contribution is 0.102. The van der Waals surface area contributed by atoms with Gasteiger partial charge in [0.15, 0.2) is 0 Å². The summed E-state index contributed by atoms with van der Waals surface area (Å²) in [5, 5.41) is 5.34. The number of nitrogens with zero attached hydrogens (tertiary/aromatic N) is 1. The van der Waals surface area contributed by atoms with Gasteiger partial charge in [0.1, 0.15) is 11.5 Å². The molecule has 0 bridgehead atoms. The van der Waals surface area contributed by atoms with Crippen LogP contribution >= 0.6 is 0 Å². The van der Waals surface area contributed by atoms with Crippen molar-refractivity contribution in [2.45, 2.75) is 19.4 Å². The van der Waals surface area contributed by atoms with Gasteiger partial charge in [-0.3, -0.25) is 9.10 Å². The molecule has 190 valence electrons. The maximum absolute atomic E-state index is 13.1. The molecule has 0 spiro atoms. The van der Waals surface area contributed by atoms with Crippen LogP contribution in [0.15, 0.2) is 72.8 Å². The van der Waals surface area contributed by atoms with Crippen LogP contribution in [0.1, 0.15) is 27.0 Å². The van der Waals surface area contributed by atoms with E-state index in [-0.39, 0.29) is 12.5 Å². The number of benzene rings is 4. The molecular formula is C29H28N2O5S. The molecule has 5 rings (SSSR count). The van der Waals surface area contributed by atoms with Crippen molar-refractivity contribution < 1.29 is 22.7 Å². The Balaban J connectivity index is 1.37. The molecule has 1 N–H and O–H groups in total. The first kappa shape index (κ1) is 24.6. The number of rotatable bonds is 8. The van der Waals surface area contributed by atoms with E-state index in [4.69, 9.17) is 9.47 Å². The van der Waals surface area contributed by atoms with Crippen LogP contribution in [-0.4, -0.2) is 34.8 Å². The number of methoxy groups -OCH3 is 2. The number of amides is 1. The van der Waals surface area contributed by atoms with Crippen LogP contribution < -0.4 is 19.1 Å². The van der Waals surface area contributed by atoms with Crippen molar-refractivity contribution in [1.29, 1.82) is 0 Å². The molecule has 0 saturated heterocycles. The maximum atomic E-state index is 13.1. The first-order valence-corrected chi connectivity index (χ1v) is 13.8. The van der Waals surface area contributed by atoms with Crippen LogP contribution in [-0.2, 0) is 29.4 Å². The first-order valence-electron chi connectivity index (χ1n) is 11.9. The SMILES string of the molecule is COc1ccc(N(Cc2ccc(C(=O)Nc3ccc4c5c(cccc35)CC4)cc2)S(C)(=O)=O)c(OC)c1. The third-order valence-corrected chi connectivity index (χ3v) is 7.85. The van der Waals surface area contributed by atoms with Crippen LogP contribution in [0.4, 0.5) is 11.4 Å². The maximum Gasteiger partial charge on any atom is 0.255 e. The Kier molecular flexibility index (Phi) is 6.52. The van der Waals surface area contributed by atoms with Gasteiger partial charge in [-0.25, -0.2) is 8.42 Å². The Hall–Kier alpha value is -4.04. The van der Waals surface area contributed by atoms with E-state index in [0.29, 0.717) is 22.7 Å². The predicted octanol–water partition coefficient (Wildman–Crippen LogP) is 5.17. The van der Waals surface area contributed by atoms with Crippen molar-refractivity contribution in [3.8, 4) is 11.5 Å². The van der Waals surface area contributed by atoms with Crippen molar-refractivity contribution >= 4 is 38.1 Å². The van der Waals surface area contributed by atoms with E-state index >= 15 is 0 Å². The fourth-order valence-electron chi connectivity index (χ4n) is 4.85. The zero-order chi connectivity index (χ0) is 26.2. The predicted molar refractivity (Wildman–Crippen MR) is 146 cm³/mol. The molecule has 0 aromatic heterocycles. The van der Waals surface area contributed by atoms with E-state index in [1.54, 1.807) is 42.5 Å². The highest BCUT2D eigenvalue weighted by Crippen LogP contribution is 2.36. The molecular weight excluding hydrogens is 488 g/mol. The summed E-state index contributed by atoms with van der Waals surface area (Å²) in [6.45, 7) is 0.0816. The summed E-state index contributed by atoms with van der Waals surface area (Å²) >= 11 is 0. The zero-order valence-corrected chi connectivity index (χ0v) is 21.8. The summed E-state index contributed by atoms with van der Waals surface area (Å²) in [6, 6.07) is 22.2. The van der Waals surface area contributed by atoms with E-state index in [1.165, 1.54) is 35.0 Å². The number of carbonyl (C=O) groups is 1. The van der Waals surface area contributed by atoms with Crippen LogP contribution in [0, 0.1) is 0 Å². The van der Waals surface area contributed by atoms with Gasteiger partial charge in [-0.2, -0.15) is 0 Å². The molecule has 0 aliphatic heterocycles. The molecule has 0 fully saturated rings. The number of aryl methyl sites for hydroxylation is 2. The summed E-state index contributed by atoms with van der Waals surface area (Å²) in [7, 11) is -0.611. The number of hydrogen-bond donors (Lipinski definition) is 1. The summed E-state index contributed by atoms with van der Waals surface area (Å²) < 4.78 is 37.3. The average Bonchev–Trinajstić information content (AvgIpc) is 3.32.